The predicted molar refractivity (Wildman–Crippen MR) is 109 cm³/mol. The van der Waals surface area contributed by atoms with E-state index in [2.05, 4.69) is 20.9 Å². The Bertz CT molecular complexity index is 977. The average molecular weight is 431 g/mol. The zero-order valence-corrected chi connectivity index (χ0v) is 17.2. The standard InChI is InChI=1S/C20H23BrN4O2/c1-24(2)8-7-18(26)25-9-5-13(6-10-25)20-22-12-17-19(23-20)15-11-14(21)3-4-16(15)27-17/h3-4,11-13H,5-10H2,1-2H3. The molecular weight excluding hydrogens is 408 g/mol. The maximum Gasteiger partial charge on any atom is 0.223 e. The second-order valence-electron chi connectivity index (χ2n) is 7.39. The van der Waals surface area contributed by atoms with Crippen molar-refractivity contribution in [2.45, 2.75) is 25.2 Å². The fourth-order valence-corrected chi connectivity index (χ4v) is 3.97. The number of rotatable bonds is 4. The summed E-state index contributed by atoms with van der Waals surface area (Å²) in [6.07, 6.45) is 4.16. The van der Waals surface area contributed by atoms with Gasteiger partial charge in [0.15, 0.2) is 5.58 Å². The summed E-state index contributed by atoms with van der Waals surface area (Å²) < 4.78 is 6.84. The van der Waals surface area contributed by atoms with Gasteiger partial charge in [-0.15, -0.1) is 0 Å². The molecule has 1 aromatic carbocycles. The molecular formula is C20H23BrN4O2. The molecule has 0 saturated carbocycles. The topological polar surface area (TPSA) is 62.5 Å². The Morgan fingerprint density at radius 2 is 2.07 bits per heavy atom. The first-order valence-corrected chi connectivity index (χ1v) is 10.1. The molecule has 1 saturated heterocycles. The number of carbonyl (C=O) groups excluding carboxylic acids is 1. The molecule has 1 fully saturated rings. The summed E-state index contributed by atoms with van der Waals surface area (Å²) in [5.41, 5.74) is 2.39. The number of piperidine rings is 1. The van der Waals surface area contributed by atoms with Crippen LogP contribution in [0.4, 0.5) is 0 Å². The smallest absolute Gasteiger partial charge is 0.223 e. The van der Waals surface area contributed by atoms with E-state index in [1.165, 1.54) is 0 Å². The average Bonchev–Trinajstić information content (AvgIpc) is 3.03. The number of benzene rings is 1. The Hall–Kier alpha value is -1.99. The van der Waals surface area contributed by atoms with Crippen molar-refractivity contribution in [3.05, 3.63) is 34.7 Å². The van der Waals surface area contributed by atoms with Crippen LogP contribution >= 0.6 is 15.9 Å². The number of aromatic nitrogens is 2. The number of amides is 1. The first-order chi connectivity index (χ1) is 13.0. The number of carbonyl (C=O) groups is 1. The molecule has 6 nitrogen and oxygen atoms in total. The van der Waals surface area contributed by atoms with Crippen LogP contribution in [0.2, 0.25) is 0 Å². The molecule has 0 bridgehead atoms. The Kier molecular flexibility index (Phi) is 5.14. The van der Waals surface area contributed by atoms with E-state index in [4.69, 9.17) is 9.40 Å². The molecule has 2 aromatic heterocycles. The van der Waals surface area contributed by atoms with E-state index in [-0.39, 0.29) is 11.8 Å². The van der Waals surface area contributed by atoms with Crippen molar-refractivity contribution in [1.82, 2.24) is 19.8 Å². The van der Waals surface area contributed by atoms with Gasteiger partial charge in [-0.3, -0.25) is 4.79 Å². The summed E-state index contributed by atoms with van der Waals surface area (Å²) in [6.45, 7) is 2.34. The molecule has 27 heavy (non-hydrogen) atoms. The van der Waals surface area contributed by atoms with Crippen molar-refractivity contribution in [3.8, 4) is 0 Å². The summed E-state index contributed by atoms with van der Waals surface area (Å²) in [5, 5.41) is 0.999. The molecule has 0 spiro atoms. The Morgan fingerprint density at radius 1 is 1.30 bits per heavy atom. The van der Waals surface area contributed by atoms with Gasteiger partial charge < -0.3 is 14.2 Å². The SMILES string of the molecule is CN(C)CCC(=O)N1CCC(c2ncc3oc4ccc(Br)cc4c3n2)CC1. The maximum atomic E-state index is 12.3. The summed E-state index contributed by atoms with van der Waals surface area (Å²) in [6, 6.07) is 5.94. The maximum absolute atomic E-state index is 12.3. The number of furan rings is 1. The molecule has 1 aliphatic rings. The van der Waals surface area contributed by atoms with E-state index >= 15 is 0 Å². The summed E-state index contributed by atoms with van der Waals surface area (Å²) in [4.78, 5) is 25.7. The monoisotopic (exact) mass is 430 g/mol. The highest BCUT2D eigenvalue weighted by Gasteiger charge is 2.26. The molecule has 3 aromatic rings. The van der Waals surface area contributed by atoms with E-state index in [1.54, 1.807) is 6.20 Å². The molecule has 1 aliphatic heterocycles. The number of likely N-dealkylation sites (tertiary alicyclic amines) is 1. The van der Waals surface area contributed by atoms with Gasteiger partial charge in [0.2, 0.25) is 5.91 Å². The number of fused-ring (bicyclic) bond motifs is 3. The third-order valence-electron chi connectivity index (χ3n) is 5.18. The normalized spacial score (nSPS) is 15.9. The van der Waals surface area contributed by atoms with E-state index in [0.29, 0.717) is 12.0 Å². The number of hydrogen-bond donors (Lipinski definition) is 0. The minimum absolute atomic E-state index is 0.240. The van der Waals surface area contributed by atoms with Crippen LogP contribution in [0, 0.1) is 0 Å². The molecule has 0 aliphatic carbocycles. The Morgan fingerprint density at radius 3 is 2.81 bits per heavy atom. The van der Waals surface area contributed by atoms with E-state index in [0.717, 1.165) is 59.3 Å². The lowest BCUT2D eigenvalue weighted by Gasteiger charge is -2.31. The van der Waals surface area contributed by atoms with Gasteiger partial charge in [-0.05, 0) is 45.1 Å². The van der Waals surface area contributed by atoms with Gasteiger partial charge in [0.1, 0.15) is 16.9 Å². The van der Waals surface area contributed by atoms with Crippen LogP contribution in [-0.4, -0.2) is 59.4 Å². The second-order valence-corrected chi connectivity index (χ2v) is 8.31. The van der Waals surface area contributed by atoms with E-state index in [9.17, 15) is 4.79 Å². The minimum atomic E-state index is 0.240. The zero-order valence-electron chi connectivity index (χ0n) is 15.6. The lowest BCUT2D eigenvalue weighted by molar-refractivity contribution is -0.132. The molecule has 7 heteroatoms. The molecule has 3 heterocycles. The second kappa shape index (κ2) is 7.56. The summed E-state index contributed by atoms with van der Waals surface area (Å²) in [7, 11) is 3.98. The number of halogens is 1. The van der Waals surface area contributed by atoms with Crippen molar-refractivity contribution in [1.29, 1.82) is 0 Å². The highest BCUT2D eigenvalue weighted by molar-refractivity contribution is 9.10. The molecule has 0 unspecified atom stereocenters. The van der Waals surface area contributed by atoms with Gasteiger partial charge in [-0.2, -0.15) is 0 Å². The molecule has 4 rings (SSSR count). The van der Waals surface area contributed by atoms with Crippen LogP contribution in [0.5, 0.6) is 0 Å². The predicted octanol–water partition coefficient (Wildman–Crippen LogP) is 3.80. The molecule has 0 radical (unpaired) electrons. The van der Waals surface area contributed by atoms with Crippen molar-refractivity contribution >= 4 is 43.9 Å². The highest BCUT2D eigenvalue weighted by Crippen LogP contribution is 2.32. The lowest BCUT2D eigenvalue weighted by Crippen LogP contribution is -2.39. The van der Waals surface area contributed by atoms with Crippen LogP contribution < -0.4 is 0 Å². The number of nitrogens with zero attached hydrogens (tertiary/aromatic N) is 4. The van der Waals surface area contributed by atoms with Gasteiger partial charge in [-0.25, -0.2) is 9.97 Å². The Balaban J connectivity index is 1.50. The van der Waals surface area contributed by atoms with Gasteiger partial charge >= 0.3 is 0 Å². The number of hydrogen-bond acceptors (Lipinski definition) is 5. The molecule has 142 valence electrons. The fraction of sp³-hybridized carbons (Fsp3) is 0.450. The van der Waals surface area contributed by atoms with Crippen LogP contribution in [0.15, 0.2) is 33.3 Å². The largest absolute Gasteiger partial charge is 0.453 e. The van der Waals surface area contributed by atoms with Gasteiger partial charge in [0.25, 0.3) is 0 Å². The van der Waals surface area contributed by atoms with Gasteiger partial charge in [-0.1, -0.05) is 15.9 Å². The zero-order chi connectivity index (χ0) is 19.0. The first-order valence-electron chi connectivity index (χ1n) is 9.28. The van der Waals surface area contributed by atoms with E-state index in [1.807, 2.05) is 42.1 Å². The van der Waals surface area contributed by atoms with Crippen LogP contribution in [-0.2, 0) is 4.79 Å². The van der Waals surface area contributed by atoms with Crippen LogP contribution in [0.3, 0.4) is 0 Å². The van der Waals surface area contributed by atoms with Gasteiger partial charge in [0.05, 0.1) is 6.20 Å². The van der Waals surface area contributed by atoms with Crippen LogP contribution in [0.1, 0.15) is 31.0 Å². The third-order valence-corrected chi connectivity index (χ3v) is 5.67. The van der Waals surface area contributed by atoms with Crippen LogP contribution in [0.25, 0.3) is 22.1 Å². The van der Waals surface area contributed by atoms with Crippen molar-refractivity contribution in [2.75, 3.05) is 33.7 Å². The first kappa shape index (κ1) is 18.4. The molecule has 0 N–H and O–H groups in total. The lowest BCUT2D eigenvalue weighted by atomic mass is 9.95. The van der Waals surface area contributed by atoms with Gasteiger partial charge in [0, 0.05) is 41.8 Å². The molecule has 1 amide bonds. The Labute approximate surface area is 166 Å². The quantitative estimate of drug-likeness (QED) is 0.629. The highest BCUT2D eigenvalue weighted by atomic mass is 79.9. The van der Waals surface area contributed by atoms with Crippen molar-refractivity contribution in [2.24, 2.45) is 0 Å². The molecule has 0 atom stereocenters. The van der Waals surface area contributed by atoms with Crippen molar-refractivity contribution < 1.29 is 9.21 Å². The van der Waals surface area contributed by atoms with E-state index < -0.39 is 0 Å². The minimum Gasteiger partial charge on any atom is -0.453 e. The summed E-state index contributed by atoms with van der Waals surface area (Å²) >= 11 is 3.51. The third kappa shape index (κ3) is 3.84. The fourth-order valence-electron chi connectivity index (χ4n) is 3.61. The van der Waals surface area contributed by atoms with Crippen molar-refractivity contribution in [3.63, 3.8) is 0 Å². The summed E-state index contributed by atoms with van der Waals surface area (Å²) in [5.74, 6) is 1.37.